The van der Waals surface area contributed by atoms with Crippen LogP contribution < -0.4 is 20.3 Å². The van der Waals surface area contributed by atoms with Crippen molar-refractivity contribution < 1.29 is 23.8 Å². The Kier molecular flexibility index (Phi) is 10.8. The van der Waals surface area contributed by atoms with Crippen molar-refractivity contribution in [3.8, 4) is 5.75 Å². The van der Waals surface area contributed by atoms with Crippen LogP contribution in [0.3, 0.4) is 0 Å². The number of amides is 2. The summed E-state index contributed by atoms with van der Waals surface area (Å²) in [5, 5.41) is 15.2. The first-order chi connectivity index (χ1) is 18.2. The summed E-state index contributed by atoms with van der Waals surface area (Å²) in [5.74, 6) is -0.864. The molecule has 208 valence electrons. The van der Waals surface area contributed by atoms with Crippen LogP contribution in [0.5, 0.6) is 5.75 Å². The van der Waals surface area contributed by atoms with E-state index in [4.69, 9.17) is 4.74 Å². The number of carbonyl (C=O) groups excluding carboxylic acids is 1. The molecule has 1 unspecified atom stereocenters. The molecule has 1 atom stereocenters. The van der Waals surface area contributed by atoms with E-state index in [-0.39, 0.29) is 12.5 Å². The fourth-order valence-corrected chi connectivity index (χ4v) is 5.23. The number of carboxylic acid groups (broad SMARTS) is 1. The average molecular weight is 528 g/mol. The zero-order valence-corrected chi connectivity index (χ0v) is 23.1. The van der Waals surface area contributed by atoms with Crippen molar-refractivity contribution >= 4 is 29.1 Å². The van der Waals surface area contributed by atoms with Gasteiger partial charge in [-0.25, -0.2) is 9.18 Å². The average Bonchev–Trinajstić information content (AvgIpc) is 2.88. The smallest absolute Gasteiger partial charge is 0.323 e. The molecule has 0 radical (unpaired) electrons. The third kappa shape index (κ3) is 8.10. The van der Waals surface area contributed by atoms with Crippen LogP contribution in [0.2, 0.25) is 0 Å². The van der Waals surface area contributed by atoms with Crippen molar-refractivity contribution in [3.05, 3.63) is 47.8 Å². The molecule has 0 heterocycles. The van der Waals surface area contributed by atoms with E-state index in [1.54, 1.807) is 30.3 Å². The highest BCUT2D eigenvalue weighted by atomic mass is 19.1. The molecule has 0 bridgehead atoms. The Bertz CT molecular complexity index is 1070. The highest BCUT2D eigenvalue weighted by Crippen LogP contribution is 2.38. The van der Waals surface area contributed by atoms with Gasteiger partial charge in [-0.1, -0.05) is 40.0 Å². The number of hydrogen-bond acceptors (Lipinski definition) is 4. The predicted molar refractivity (Wildman–Crippen MR) is 151 cm³/mol. The van der Waals surface area contributed by atoms with Gasteiger partial charge < -0.3 is 25.4 Å². The number of hydrogen-bond donors (Lipinski definition) is 3. The van der Waals surface area contributed by atoms with Crippen molar-refractivity contribution in [2.45, 2.75) is 84.6 Å². The number of nitrogens with zero attached hydrogens (tertiary/aromatic N) is 1. The lowest BCUT2D eigenvalue weighted by Gasteiger charge is -2.38. The van der Waals surface area contributed by atoms with Gasteiger partial charge in [0.15, 0.2) is 0 Å². The minimum atomic E-state index is -0.980. The summed E-state index contributed by atoms with van der Waals surface area (Å²) in [6.07, 6.45) is 5.77. The fraction of sp³-hybridized carbons (Fsp3) is 0.533. The van der Waals surface area contributed by atoms with Gasteiger partial charge in [-0.3, -0.25) is 4.79 Å². The molecule has 1 aliphatic carbocycles. The van der Waals surface area contributed by atoms with Crippen LogP contribution in [0.1, 0.15) is 84.1 Å². The predicted octanol–water partition coefficient (Wildman–Crippen LogP) is 7.63. The van der Waals surface area contributed by atoms with Gasteiger partial charge in [0.25, 0.3) is 0 Å². The van der Waals surface area contributed by atoms with Gasteiger partial charge in [0.2, 0.25) is 0 Å². The number of anilines is 3. The Labute approximate surface area is 225 Å². The lowest BCUT2D eigenvalue weighted by atomic mass is 9.90. The summed E-state index contributed by atoms with van der Waals surface area (Å²) in [5.41, 5.74) is 2.03. The Hall–Kier alpha value is -3.29. The molecule has 7 nitrogen and oxygen atoms in total. The lowest BCUT2D eigenvalue weighted by molar-refractivity contribution is -0.137. The Balaban J connectivity index is 1.98. The van der Waals surface area contributed by atoms with Crippen LogP contribution in [-0.2, 0) is 4.79 Å². The van der Waals surface area contributed by atoms with Crippen molar-refractivity contribution in [2.75, 3.05) is 28.7 Å². The number of benzene rings is 2. The van der Waals surface area contributed by atoms with Gasteiger partial charge in [0, 0.05) is 18.3 Å². The minimum Gasteiger partial charge on any atom is -0.494 e. The highest BCUT2D eigenvalue weighted by Gasteiger charge is 2.27. The van der Waals surface area contributed by atoms with Crippen LogP contribution in [-0.4, -0.2) is 36.3 Å². The maximum atomic E-state index is 15.6. The molecule has 2 aromatic rings. The summed E-state index contributed by atoms with van der Waals surface area (Å²) in [6, 6.07) is 10.0. The number of halogens is 1. The third-order valence-electron chi connectivity index (χ3n) is 7.03. The third-order valence-corrected chi connectivity index (χ3v) is 7.03. The highest BCUT2D eigenvalue weighted by molar-refractivity contribution is 6.02. The standard InChI is InChI=1S/C30H42FN3O4/c1-5-21(16-29(35)36)25-17-27(33-30(37)32-22-12-14-24(15-13-22)38-6-2)28(18-26(25)31)34(19-20(3)4)23-10-8-7-9-11-23/h12-15,17-18,20-21,23H,5-11,16,19H2,1-4H3,(H,35,36)(H2,32,33,37). The van der Waals surface area contributed by atoms with E-state index in [9.17, 15) is 14.7 Å². The molecule has 3 N–H and O–H groups in total. The molecular formula is C30H42FN3O4. The Morgan fingerprint density at radius 1 is 1.08 bits per heavy atom. The zero-order valence-electron chi connectivity index (χ0n) is 23.1. The van der Waals surface area contributed by atoms with Crippen molar-refractivity contribution in [1.82, 2.24) is 0 Å². The van der Waals surface area contributed by atoms with Gasteiger partial charge in [-0.2, -0.15) is 0 Å². The second-order valence-corrected chi connectivity index (χ2v) is 10.5. The van der Waals surface area contributed by atoms with Gasteiger partial charge in [0.1, 0.15) is 11.6 Å². The molecular weight excluding hydrogens is 485 g/mol. The van der Waals surface area contributed by atoms with Crippen molar-refractivity contribution in [3.63, 3.8) is 0 Å². The van der Waals surface area contributed by atoms with Crippen molar-refractivity contribution in [1.29, 1.82) is 0 Å². The fourth-order valence-electron chi connectivity index (χ4n) is 5.23. The molecule has 1 fully saturated rings. The monoisotopic (exact) mass is 527 g/mol. The molecule has 0 aliphatic heterocycles. The number of rotatable bonds is 12. The molecule has 38 heavy (non-hydrogen) atoms. The first-order valence-corrected chi connectivity index (χ1v) is 13.8. The maximum Gasteiger partial charge on any atom is 0.323 e. The van der Waals surface area contributed by atoms with E-state index in [1.165, 1.54) is 12.5 Å². The summed E-state index contributed by atoms with van der Waals surface area (Å²) in [6.45, 7) is 9.30. The van der Waals surface area contributed by atoms with Crippen LogP contribution in [0.4, 0.5) is 26.2 Å². The van der Waals surface area contributed by atoms with E-state index < -0.39 is 23.7 Å². The number of urea groups is 1. The van der Waals surface area contributed by atoms with E-state index in [2.05, 4.69) is 29.4 Å². The van der Waals surface area contributed by atoms with Crippen LogP contribution in [0.25, 0.3) is 0 Å². The number of nitrogens with one attached hydrogen (secondary N) is 2. The molecule has 8 heteroatoms. The summed E-state index contributed by atoms with van der Waals surface area (Å²) >= 11 is 0. The SMILES string of the molecule is CCOc1ccc(NC(=O)Nc2cc(C(CC)CC(=O)O)c(F)cc2N(CC(C)C)C2CCCCC2)cc1. The number of aliphatic carboxylic acids is 1. The van der Waals surface area contributed by atoms with E-state index in [0.29, 0.717) is 47.3 Å². The van der Waals surface area contributed by atoms with Crippen LogP contribution in [0, 0.1) is 11.7 Å². The molecule has 1 saturated carbocycles. The molecule has 0 saturated heterocycles. The summed E-state index contributed by atoms with van der Waals surface area (Å²) in [7, 11) is 0. The van der Waals surface area contributed by atoms with Gasteiger partial charge >= 0.3 is 12.0 Å². The molecule has 1 aliphatic rings. The summed E-state index contributed by atoms with van der Waals surface area (Å²) < 4.78 is 21.1. The number of carboxylic acids is 1. The van der Waals surface area contributed by atoms with Gasteiger partial charge in [0.05, 0.1) is 24.4 Å². The van der Waals surface area contributed by atoms with Gasteiger partial charge in [-0.05, 0) is 80.0 Å². The Morgan fingerprint density at radius 3 is 2.34 bits per heavy atom. The number of carbonyl (C=O) groups is 2. The normalized spacial score (nSPS) is 14.7. The first-order valence-electron chi connectivity index (χ1n) is 13.8. The number of ether oxygens (including phenoxy) is 1. The summed E-state index contributed by atoms with van der Waals surface area (Å²) in [4.78, 5) is 26.8. The quantitative estimate of drug-likeness (QED) is 0.264. The van der Waals surface area contributed by atoms with Crippen LogP contribution >= 0.6 is 0 Å². The molecule has 0 aromatic heterocycles. The molecule has 2 aromatic carbocycles. The second kappa shape index (κ2) is 14.0. The van der Waals surface area contributed by atoms with E-state index >= 15 is 4.39 Å². The van der Waals surface area contributed by atoms with E-state index in [1.807, 2.05) is 13.8 Å². The topological polar surface area (TPSA) is 90.9 Å². The maximum absolute atomic E-state index is 15.6. The minimum absolute atomic E-state index is 0.178. The van der Waals surface area contributed by atoms with Gasteiger partial charge in [-0.15, -0.1) is 0 Å². The van der Waals surface area contributed by atoms with Crippen LogP contribution in [0.15, 0.2) is 36.4 Å². The van der Waals surface area contributed by atoms with E-state index in [0.717, 1.165) is 32.2 Å². The Morgan fingerprint density at radius 2 is 1.76 bits per heavy atom. The molecule has 2 amide bonds. The molecule has 0 spiro atoms. The lowest BCUT2D eigenvalue weighted by Crippen LogP contribution is -2.40. The molecule has 3 rings (SSSR count). The zero-order chi connectivity index (χ0) is 27.7. The van der Waals surface area contributed by atoms with Crippen molar-refractivity contribution in [2.24, 2.45) is 5.92 Å². The first kappa shape index (κ1) is 29.3. The second-order valence-electron chi connectivity index (χ2n) is 10.5. The largest absolute Gasteiger partial charge is 0.494 e.